The van der Waals surface area contributed by atoms with E-state index >= 15 is 0 Å². The Hall–Kier alpha value is -3.71. The van der Waals surface area contributed by atoms with Crippen LogP contribution in [-0.2, 0) is 5.88 Å². The molecule has 5 aromatic rings. The SMILES string of the molecule is COc1ccc2c(-c3ccccc3)cc(SCn3nnc4ccccc4c3=O)nc2c1. The predicted molar refractivity (Wildman–Crippen MR) is 123 cm³/mol. The van der Waals surface area contributed by atoms with Gasteiger partial charge in [0, 0.05) is 11.5 Å². The molecule has 0 unspecified atom stereocenters. The van der Waals surface area contributed by atoms with E-state index < -0.39 is 0 Å². The van der Waals surface area contributed by atoms with Gasteiger partial charge < -0.3 is 4.74 Å². The van der Waals surface area contributed by atoms with E-state index in [9.17, 15) is 4.79 Å². The van der Waals surface area contributed by atoms with Gasteiger partial charge in [-0.3, -0.25) is 4.79 Å². The molecule has 0 saturated carbocycles. The van der Waals surface area contributed by atoms with Crippen molar-refractivity contribution in [3.8, 4) is 16.9 Å². The first-order chi connectivity index (χ1) is 15.2. The maximum absolute atomic E-state index is 12.7. The van der Waals surface area contributed by atoms with Crippen molar-refractivity contribution in [1.82, 2.24) is 20.0 Å². The van der Waals surface area contributed by atoms with Gasteiger partial charge in [-0.05, 0) is 41.5 Å². The first-order valence-corrected chi connectivity index (χ1v) is 10.7. The van der Waals surface area contributed by atoms with Crippen molar-refractivity contribution in [3.05, 3.63) is 89.2 Å². The molecule has 3 aromatic carbocycles. The molecule has 0 aliphatic heterocycles. The smallest absolute Gasteiger partial charge is 0.278 e. The summed E-state index contributed by atoms with van der Waals surface area (Å²) in [6, 6.07) is 25.3. The van der Waals surface area contributed by atoms with E-state index in [0.717, 1.165) is 32.8 Å². The number of thioether (sulfide) groups is 1. The Morgan fingerprint density at radius 3 is 2.55 bits per heavy atom. The molecule has 0 aliphatic carbocycles. The van der Waals surface area contributed by atoms with Crippen LogP contribution in [0.2, 0.25) is 0 Å². The second kappa shape index (κ2) is 8.20. The molecule has 0 N–H and O–H groups in total. The summed E-state index contributed by atoms with van der Waals surface area (Å²) in [6.07, 6.45) is 0. The quantitative estimate of drug-likeness (QED) is 0.377. The number of methoxy groups -OCH3 is 1. The van der Waals surface area contributed by atoms with Gasteiger partial charge in [-0.1, -0.05) is 59.4 Å². The third-order valence-corrected chi connectivity index (χ3v) is 5.92. The molecule has 0 spiro atoms. The second-order valence-electron chi connectivity index (χ2n) is 6.94. The van der Waals surface area contributed by atoms with Gasteiger partial charge in [0.25, 0.3) is 5.56 Å². The summed E-state index contributed by atoms with van der Waals surface area (Å²) in [5, 5.41) is 10.6. The van der Waals surface area contributed by atoms with Gasteiger partial charge >= 0.3 is 0 Å². The molecule has 2 aromatic heterocycles. The Kier molecular flexibility index (Phi) is 5.09. The fraction of sp³-hybridized carbons (Fsp3) is 0.0833. The summed E-state index contributed by atoms with van der Waals surface area (Å²) in [5.41, 5.74) is 3.44. The van der Waals surface area contributed by atoms with Crippen LogP contribution < -0.4 is 10.3 Å². The van der Waals surface area contributed by atoms with Crippen molar-refractivity contribution in [2.45, 2.75) is 10.9 Å². The number of rotatable bonds is 5. The summed E-state index contributed by atoms with van der Waals surface area (Å²) in [6.45, 7) is 0. The summed E-state index contributed by atoms with van der Waals surface area (Å²) < 4.78 is 6.75. The summed E-state index contributed by atoms with van der Waals surface area (Å²) in [4.78, 5) is 17.5. The maximum atomic E-state index is 12.7. The van der Waals surface area contributed by atoms with Crippen molar-refractivity contribution in [2.75, 3.05) is 7.11 Å². The summed E-state index contributed by atoms with van der Waals surface area (Å²) >= 11 is 1.44. The molecule has 0 fully saturated rings. The molecule has 152 valence electrons. The lowest BCUT2D eigenvalue weighted by Gasteiger charge is -2.11. The molecule has 0 saturated heterocycles. The minimum Gasteiger partial charge on any atom is -0.497 e. The number of fused-ring (bicyclic) bond motifs is 2. The lowest BCUT2D eigenvalue weighted by Crippen LogP contribution is -2.23. The average Bonchev–Trinajstić information content (AvgIpc) is 2.83. The summed E-state index contributed by atoms with van der Waals surface area (Å²) in [5.74, 6) is 1.06. The third kappa shape index (κ3) is 3.75. The highest BCUT2D eigenvalue weighted by atomic mass is 32.2. The molecule has 0 radical (unpaired) electrons. The van der Waals surface area contributed by atoms with Crippen molar-refractivity contribution in [3.63, 3.8) is 0 Å². The van der Waals surface area contributed by atoms with Crippen LogP contribution in [0.25, 0.3) is 32.9 Å². The van der Waals surface area contributed by atoms with E-state index in [1.54, 1.807) is 19.2 Å². The number of ether oxygens (including phenoxy) is 1. The van der Waals surface area contributed by atoms with Gasteiger partial charge in [0.05, 0.1) is 28.9 Å². The largest absolute Gasteiger partial charge is 0.497 e. The fourth-order valence-electron chi connectivity index (χ4n) is 3.48. The molecule has 31 heavy (non-hydrogen) atoms. The zero-order valence-corrected chi connectivity index (χ0v) is 17.5. The van der Waals surface area contributed by atoms with Gasteiger partial charge in [-0.15, -0.1) is 5.10 Å². The molecule has 0 amide bonds. The van der Waals surface area contributed by atoms with Crippen LogP contribution in [0.1, 0.15) is 0 Å². The third-order valence-electron chi connectivity index (χ3n) is 5.04. The number of aromatic nitrogens is 4. The predicted octanol–water partition coefficient (Wildman–Crippen LogP) is 4.77. The van der Waals surface area contributed by atoms with Gasteiger partial charge in [0.15, 0.2) is 0 Å². The average molecular weight is 427 g/mol. The second-order valence-corrected chi connectivity index (χ2v) is 7.91. The Labute approximate surface area is 182 Å². The van der Waals surface area contributed by atoms with Crippen molar-refractivity contribution < 1.29 is 4.74 Å². The Bertz CT molecular complexity index is 1450. The van der Waals surface area contributed by atoms with Crippen LogP contribution in [0, 0.1) is 0 Å². The number of hydrogen-bond acceptors (Lipinski definition) is 6. The lowest BCUT2D eigenvalue weighted by atomic mass is 10.0. The number of nitrogens with zero attached hydrogens (tertiary/aromatic N) is 4. The normalized spacial score (nSPS) is 11.1. The highest BCUT2D eigenvalue weighted by molar-refractivity contribution is 7.98. The molecular weight excluding hydrogens is 408 g/mol. The minimum absolute atomic E-state index is 0.163. The zero-order chi connectivity index (χ0) is 21.2. The maximum Gasteiger partial charge on any atom is 0.278 e. The number of benzene rings is 3. The first kappa shape index (κ1) is 19.3. The van der Waals surface area contributed by atoms with Crippen LogP contribution in [0.15, 0.2) is 88.7 Å². The highest BCUT2D eigenvalue weighted by Crippen LogP contribution is 2.33. The van der Waals surface area contributed by atoms with Crippen LogP contribution in [-0.4, -0.2) is 27.1 Å². The van der Waals surface area contributed by atoms with E-state index in [0.29, 0.717) is 16.8 Å². The van der Waals surface area contributed by atoms with Crippen molar-refractivity contribution >= 4 is 33.6 Å². The first-order valence-electron chi connectivity index (χ1n) is 9.72. The Morgan fingerprint density at radius 1 is 0.903 bits per heavy atom. The van der Waals surface area contributed by atoms with E-state index in [2.05, 4.69) is 22.4 Å². The van der Waals surface area contributed by atoms with Gasteiger partial charge in [0.2, 0.25) is 0 Å². The van der Waals surface area contributed by atoms with Gasteiger partial charge in [-0.2, -0.15) is 4.68 Å². The minimum atomic E-state index is -0.163. The Balaban J connectivity index is 1.55. The Morgan fingerprint density at radius 2 is 1.71 bits per heavy atom. The number of pyridine rings is 1. The van der Waals surface area contributed by atoms with Crippen LogP contribution >= 0.6 is 11.8 Å². The molecule has 0 bridgehead atoms. The topological polar surface area (TPSA) is 69.9 Å². The standard InChI is InChI=1S/C24H18N4O2S/c1-30-17-11-12-18-20(16-7-3-2-4-8-16)14-23(25-22(18)13-17)31-15-28-24(29)19-9-5-6-10-21(19)26-27-28/h2-14H,15H2,1H3. The molecule has 0 aliphatic rings. The van der Waals surface area contributed by atoms with Crippen molar-refractivity contribution in [2.24, 2.45) is 0 Å². The van der Waals surface area contributed by atoms with Crippen LogP contribution in [0.4, 0.5) is 0 Å². The number of hydrogen-bond donors (Lipinski definition) is 0. The molecule has 7 heteroatoms. The monoisotopic (exact) mass is 426 g/mol. The highest BCUT2D eigenvalue weighted by Gasteiger charge is 2.11. The molecule has 6 nitrogen and oxygen atoms in total. The fourth-order valence-corrected chi connectivity index (χ4v) is 4.26. The van der Waals surface area contributed by atoms with Gasteiger partial charge in [0.1, 0.15) is 11.3 Å². The van der Waals surface area contributed by atoms with E-state index in [1.807, 2.05) is 54.6 Å². The summed E-state index contributed by atoms with van der Waals surface area (Å²) in [7, 11) is 1.64. The zero-order valence-electron chi connectivity index (χ0n) is 16.7. The van der Waals surface area contributed by atoms with Gasteiger partial charge in [-0.25, -0.2) is 4.98 Å². The molecule has 5 rings (SSSR count). The van der Waals surface area contributed by atoms with E-state index in [-0.39, 0.29) is 5.56 Å². The van der Waals surface area contributed by atoms with Crippen LogP contribution in [0.5, 0.6) is 5.75 Å². The molecule has 0 atom stereocenters. The van der Waals surface area contributed by atoms with Crippen molar-refractivity contribution in [1.29, 1.82) is 0 Å². The lowest BCUT2D eigenvalue weighted by molar-refractivity contribution is 0.415. The molecular formula is C24H18N4O2S. The molecule has 2 heterocycles. The van der Waals surface area contributed by atoms with Crippen LogP contribution in [0.3, 0.4) is 0 Å². The van der Waals surface area contributed by atoms with E-state index in [4.69, 9.17) is 9.72 Å². The van der Waals surface area contributed by atoms with E-state index in [1.165, 1.54) is 16.4 Å².